The van der Waals surface area contributed by atoms with Crippen LogP contribution in [0.5, 0.6) is 0 Å². The number of hydrogen-bond acceptors (Lipinski definition) is 2. The van der Waals surface area contributed by atoms with Gasteiger partial charge in [-0.3, -0.25) is 4.68 Å². The molecule has 102 valence electrons. The molecule has 0 radical (unpaired) electrons. The quantitative estimate of drug-likeness (QED) is 0.919. The summed E-state index contributed by atoms with van der Waals surface area (Å²) >= 11 is 9.75. The maximum absolute atomic E-state index is 6.29. The van der Waals surface area contributed by atoms with Gasteiger partial charge >= 0.3 is 0 Å². The molecule has 19 heavy (non-hydrogen) atoms. The van der Waals surface area contributed by atoms with Crippen LogP contribution < -0.4 is 5.32 Å². The van der Waals surface area contributed by atoms with Crippen LogP contribution in [0.2, 0.25) is 5.15 Å². The molecular weight excluding hydrogens is 326 g/mol. The van der Waals surface area contributed by atoms with Crippen LogP contribution in [0.3, 0.4) is 0 Å². The standard InChI is InChI=1S/C14H17BrClN3/c1-9-12(14(16)19(3)18-9)8-13(17-2)10-4-6-11(15)7-5-10/h4-7,13,17H,8H2,1-3H3. The van der Waals surface area contributed by atoms with Gasteiger partial charge in [-0.2, -0.15) is 5.10 Å². The number of aryl methyl sites for hydroxylation is 2. The summed E-state index contributed by atoms with van der Waals surface area (Å²) in [6, 6.07) is 8.57. The molecule has 3 nitrogen and oxygen atoms in total. The van der Waals surface area contributed by atoms with Crippen LogP contribution in [0.4, 0.5) is 0 Å². The van der Waals surface area contributed by atoms with Crippen molar-refractivity contribution in [2.45, 2.75) is 19.4 Å². The lowest BCUT2D eigenvalue weighted by Gasteiger charge is -2.16. The molecule has 2 aromatic rings. The Labute approximate surface area is 127 Å². The minimum atomic E-state index is 0.230. The maximum atomic E-state index is 6.29. The lowest BCUT2D eigenvalue weighted by Crippen LogP contribution is -2.19. The average Bonchev–Trinajstić information content (AvgIpc) is 2.63. The van der Waals surface area contributed by atoms with Gasteiger partial charge in [0.15, 0.2) is 0 Å². The van der Waals surface area contributed by atoms with Gasteiger partial charge in [0.05, 0.1) is 5.69 Å². The van der Waals surface area contributed by atoms with Crippen LogP contribution in [0.1, 0.15) is 22.9 Å². The van der Waals surface area contributed by atoms with E-state index in [1.165, 1.54) is 5.56 Å². The van der Waals surface area contributed by atoms with Gasteiger partial charge in [-0.15, -0.1) is 0 Å². The molecule has 0 bridgehead atoms. The minimum absolute atomic E-state index is 0.230. The molecular formula is C14H17BrClN3. The van der Waals surface area contributed by atoms with E-state index in [-0.39, 0.29) is 6.04 Å². The topological polar surface area (TPSA) is 29.9 Å². The molecule has 1 aromatic heterocycles. The second-order valence-electron chi connectivity index (χ2n) is 4.58. The molecule has 2 rings (SSSR count). The van der Waals surface area contributed by atoms with Crippen molar-refractivity contribution in [1.29, 1.82) is 0 Å². The van der Waals surface area contributed by atoms with Crippen LogP contribution in [0.25, 0.3) is 0 Å². The molecule has 0 amide bonds. The summed E-state index contributed by atoms with van der Waals surface area (Å²) in [6.45, 7) is 2.00. The second-order valence-corrected chi connectivity index (χ2v) is 5.85. The third kappa shape index (κ3) is 3.19. The van der Waals surface area contributed by atoms with Crippen molar-refractivity contribution in [2.75, 3.05) is 7.05 Å². The first-order chi connectivity index (χ1) is 9.02. The molecule has 0 saturated heterocycles. The lowest BCUT2D eigenvalue weighted by molar-refractivity contribution is 0.590. The number of rotatable bonds is 4. The van der Waals surface area contributed by atoms with E-state index in [1.807, 2.05) is 21.0 Å². The Balaban J connectivity index is 2.26. The molecule has 1 aromatic carbocycles. The summed E-state index contributed by atoms with van der Waals surface area (Å²) in [5.41, 5.74) is 3.33. The van der Waals surface area contributed by atoms with Gasteiger partial charge in [-0.25, -0.2) is 0 Å². The monoisotopic (exact) mass is 341 g/mol. The Morgan fingerprint density at radius 3 is 2.47 bits per heavy atom. The molecule has 1 atom stereocenters. The zero-order valence-corrected chi connectivity index (χ0v) is 13.6. The smallest absolute Gasteiger partial charge is 0.130 e. The molecule has 0 saturated carbocycles. The molecule has 1 N–H and O–H groups in total. The Morgan fingerprint density at radius 2 is 2.00 bits per heavy atom. The molecule has 0 spiro atoms. The third-order valence-corrected chi connectivity index (χ3v) is 4.30. The van der Waals surface area contributed by atoms with Gasteiger partial charge in [-0.1, -0.05) is 39.7 Å². The zero-order chi connectivity index (χ0) is 14.0. The van der Waals surface area contributed by atoms with E-state index in [0.717, 1.165) is 27.3 Å². The van der Waals surface area contributed by atoms with E-state index >= 15 is 0 Å². The van der Waals surface area contributed by atoms with Crippen molar-refractivity contribution in [1.82, 2.24) is 15.1 Å². The zero-order valence-electron chi connectivity index (χ0n) is 11.2. The molecule has 0 fully saturated rings. The van der Waals surface area contributed by atoms with Gasteiger partial charge in [0.25, 0.3) is 0 Å². The van der Waals surface area contributed by atoms with Gasteiger partial charge in [0, 0.05) is 23.1 Å². The number of likely N-dealkylation sites (N-methyl/N-ethyl adjacent to an activating group) is 1. The van der Waals surface area contributed by atoms with E-state index in [2.05, 4.69) is 50.6 Å². The van der Waals surface area contributed by atoms with Crippen molar-refractivity contribution in [2.24, 2.45) is 7.05 Å². The maximum Gasteiger partial charge on any atom is 0.130 e. The number of hydrogen-bond donors (Lipinski definition) is 1. The van der Waals surface area contributed by atoms with E-state index in [4.69, 9.17) is 11.6 Å². The summed E-state index contributed by atoms with van der Waals surface area (Å²) in [7, 11) is 3.83. The van der Waals surface area contributed by atoms with Gasteiger partial charge in [-0.05, 0) is 38.1 Å². The molecule has 0 aliphatic heterocycles. The average molecular weight is 343 g/mol. The van der Waals surface area contributed by atoms with E-state index in [0.29, 0.717) is 0 Å². The number of aromatic nitrogens is 2. The van der Waals surface area contributed by atoms with Crippen molar-refractivity contribution in [3.8, 4) is 0 Å². The summed E-state index contributed by atoms with van der Waals surface area (Å²) in [5.74, 6) is 0. The largest absolute Gasteiger partial charge is 0.313 e. The number of nitrogens with one attached hydrogen (secondary N) is 1. The van der Waals surface area contributed by atoms with Crippen molar-refractivity contribution < 1.29 is 0 Å². The first-order valence-corrected chi connectivity index (χ1v) is 7.30. The van der Waals surface area contributed by atoms with Crippen LogP contribution in [-0.2, 0) is 13.5 Å². The van der Waals surface area contributed by atoms with Crippen molar-refractivity contribution in [3.63, 3.8) is 0 Å². The van der Waals surface area contributed by atoms with Crippen LogP contribution >= 0.6 is 27.5 Å². The molecule has 5 heteroatoms. The SMILES string of the molecule is CNC(Cc1c(C)nn(C)c1Cl)c1ccc(Br)cc1. The van der Waals surface area contributed by atoms with E-state index < -0.39 is 0 Å². The first kappa shape index (κ1) is 14.6. The highest BCUT2D eigenvalue weighted by molar-refractivity contribution is 9.10. The highest BCUT2D eigenvalue weighted by Gasteiger charge is 2.17. The van der Waals surface area contributed by atoms with Crippen molar-refractivity contribution in [3.05, 3.63) is 50.7 Å². The second kappa shape index (κ2) is 6.07. The van der Waals surface area contributed by atoms with Crippen molar-refractivity contribution >= 4 is 27.5 Å². The molecule has 0 aliphatic carbocycles. The number of nitrogens with zero attached hydrogens (tertiary/aromatic N) is 2. The Morgan fingerprint density at radius 1 is 1.37 bits per heavy atom. The molecule has 0 aliphatic rings. The fourth-order valence-corrected chi connectivity index (χ4v) is 2.71. The first-order valence-electron chi connectivity index (χ1n) is 6.13. The summed E-state index contributed by atoms with van der Waals surface area (Å²) in [5, 5.41) is 8.41. The highest BCUT2D eigenvalue weighted by Crippen LogP contribution is 2.26. The van der Waals surface area contributed by atoms with Crippen LogP contribution in [0.15, 0.2) is 28.7 Å². The van der Waals surface area contributed by atoms with Gasteiger partial charge in [0.2, 0.25) is 0 Å². The Bertz CT molecular complexity index is 563. The Kier molecular flexibility index (Phi) is 4.66. The van der Waals surface area contributed by atoms with E-state index in [1.54, 1.807) is 4.68 Å². The fourth-order valence-electron chi connectivity index (χ4n) is 2.19. The van der Waals surface area contributed by atoms with Crippen LogP contribution in [-0.4, -0.2) is 16.8 Å². The summed E-state index contributed by atoms with van der Waals surface area (Å²) < 4.78 is 2.81. The fraction of sp³-hybridized carbons (Fsp3) is 0.357. The van der Waals surface area contributed by atoms with Gasteiger partial charge < -0.3 is 5.32 Å². The number of benzene rings is 1. The third-order valence-electron chi connectivity index (χ3n) is 3.30. The summed E-state index contributed by atoms with van der Waals surface area (Å²) in [4.78, 5) is 0. The number of halogens is 2. The Hall–Kier alpha value is -0.840. The molecule has 1 unspecified atom stereocenters. The predicted molar refractivity (Wildman–Crippen MR) is 82.6 cm³/mol. The normalized spacial score (nSPS) is 12.7. The van der Waals surface area contributed by atoms with Gasteiger partial charge in [0.1, 0.15) is 5.15 Å². The lowest BCUT2D eigenvalue weighted by atomic mass is 9.99. The van der Waals surface area contributed by atoms with Crippen LogP contribution in [0, 0.1) is 6.92 Å². The highest BCUT2D eigenvalue weighted by atomic mass is 79.9. The summed E-state index contributed by atoms with van der Waals surface area (Å²) in [6.07, 6.45) is 0.830. The predicted octanol–water partition coefficient (Wildman–Crippen LogP) is 3.65. The molecule has 1 heterocycles. The van der Waals surface area contributed by atoms with E-state index in [9.17, 15) is 0 Å². The minimum Gasteiger partial charge on any atom is -0.313 e.